The number of nitrogens with one attached hydrogen (secondary N) is 2. The van der Waals surface area contributed by atoms with Crippen LogP contribution in [0.3, 0.4) is 0 Å². The molecule has 1 aromatic carbocycles. The van der Waals surface area contributed by atoms with Crippen molar-refractivity contribution in [3.63, 3.8) is 0 Å². The van der Waals surface area contributed by atoms with E-state index >= 15 is 0 Å². The van der Waals surface area contributed by atoms with Gasteiger partial charge >= 0.3 is 0 Å². The maximum Gasteiger partial charge on any atom is 0.280 e. The minimum absolute atomic E-state index is 0.0488. The number of aliphatic hydroxyl groups excluding tert-OH is 6. The quantitative estimate of drug-likeness (QED) is 0.0281. The van der Waals surface area contributed by atoms with Gasteiger partial charge in [-0.1, -0.05) is 35.9 Å². The van der Waals surface area contributed by atoms with Crippen LogP contribution >= 0.6 is 11.6 Å². The van der Waals surface area contributed by atoms with Crippen LogP contribution in [0, 0.1) is 0 Å². The van der Waals surface area contributed by atoms with Crippen LogP contribution in [0.5, 0.6) is 0 Å². The topological polar surface area (TPSA) is 325 Å². The number of carbonyl (C=O) groups is 2. The van der Waals surface area contributed by atoms with Crippen LogP contribution in [0.4, 0.5) is 11.6 Å². The number of hydrogen-bond acceptors (Lipinski definition) is 15. The third-order valence-electron chi connectivity index (χ3n) is 8.54. The third kappa shape index (κ3) is 17.3. The molecule has 0 bridgehead atoms. The second-order valence-corrected chi connectivity index (χ2v) is 13.2. The number of nitrogens with two attached hydrogens (primary N) is 4. The van der Waals surface area contributed by atoms with E-state index in [1.165, 1.54) is 0 Å². The van der Waals surface area contributed by atoms with Crippen LogP contribution in [-0.4, -0.2) is 140 Å². The van der Waals surface area contributed by atoms with Gasteiger partial charge in [0, 0.05) is 13.1 Å². The minimum Gasteiger partial charge on any atom is -0.394 e. The monoisotopic (exact) mass is 768 g/mol. The summed E-state index contributed by atoms with van der Waals surface area (Å²) in [6.45, 7) is 0.941. The number of primary amides is 1. The number of benzene rings is 1. The average Bonchev–Trinajstić information content (AvgIpc) is 3.13. The highest BCUT2D eigenvalue weighted by Crippen LogP contribution is 2.17. The van der Waals surface area contributed by atoms with Crippen molar-refractivity contribution in [1.82, 2.24) is 25.5 Å². The van der Waals surface area contributed by atoms with Crippen molar-refractivity contribution in [1.29, 1.82) is 0 Å². The summed E-state index contributed by atoms with van der Waals surface area (Å²) in [5.74, 6) is -1.52. The molecule has 0 spiro atoms. The normalized spacial score (nSPS) is 14.8. The van der Waals surface area contributed by atoms with Crippen molar-refractivity contribution in [2.24, 2.45) is 16.5 Å². The van der Waals surface area contributed by atoms with E-state index in [2.05, 4.69) is 25.6 Å². The van der Waals surface area contributed by atoms with Gasteiger partial charge in [0.2, 0.25) is 5.91 Å². The molecule has 19 heteroatoms. The van der Waals surface area contributed by atoms with Gasteiger partial charge in [-0.05, 0) is 88.5 Å². The zero-order valence-corrected chi connectivity index (χ0v) is 30.7. The summed E-state index contributed by atoms with van der Waals surface area (Å²) >= 11 is 5.82. The van der Waals surface area contributed by atoms with Crippen molar-refractivity contribution in [2.45, 2.75) is 88.2 Å². The van der Waals surface area contributed by atoms with Gasteiger partial charge in [0.15, 0.2) is 28.4 Å². The first-order valence-corrected chi connectivity index (χ1v) is 18.1. The molecule has 2 amide bonds. The number of anilines is 2. The highest BCUT2D eigenvalue weighted by atomic mass is 35.5. The van der Waals surface area contributed by atoms with Gasteiger partial charge in [0.05, 0.1) is 31.5 Å². The first-order chi connectivity index (χ1) is 25.2. The zero-order valence-electron chi connectivity index (χ0n) is 30.0. The van der Waals surface area contributed by atoms with E-state index in [9.17, 15) is 30.0 Å². The van der Waals surface area contributed by atoms with Gasteiger partial charge < -0.3 is 63.8 Å². The van der Waals surface area contributed by atoms with E-state index in [1.807, 2.05) is 29.2 Å². The Bertz CT molecular complexity index is 1420. The van der Waals surface area contributed by atoms with Gasteiger partial charge in [0.25, 0.3) is 5.91 Å². The van der Waals surface area contributed by atoms with Crippen molar-refractivity contribution >= 4 is 41.0 Å². The summed E-state index contributed by atoms with van der Waals surface area (Å²) in [7, 11) is 0. The molecule has 53 heavy (non-hydrogen) atoms. The number of guanidine groups is 1. The Hall–Kier alpha value is -3.72. The fourth-order valence-corrected chi connectivity index (χ4v) is 5.54. The molecule has 0 saturated heterocycles. The number of aliphatic hydroxyl groups is 6. The Kier molecular flexibility index (Phi) is 21.1. The lowest BCUT2D eigenvalue weighted by Crippen LogP contribution is -2.47. The molecular weight excluding hydrogens is 712 g/mol. The molecule has 0 aliphatic carbocycles. The molecule has 1 aromatic heterocycles. The number of aliphatic imine (C=N–C) groups is 1. The molecule has 5 atom stereocenters. The highest BCUT2D eigenvalue weighted by Gasteiger charge is 2.26. The van der Waals surface area contributed by atoms with Gasteiger partial charge in [-0.15, -0.1) is 0 Å². The van der Waals surface area contributed by atoms with E-state index in [-0.39, 0.29) is 41.6 Å². The number of halogens is 1. The number of aryl methyl sites for hydroxylation is 2. The Morgan fingerprint density at radius 2 is 1.49 bits per heavy atom. The number of unbranched alkanes of at least 4 members (excludes halogenated alkanes) is 2. The number of nitrogen functional groups attached to an aromatic ring is 2. The lowest BCUT2D eigenvalue weighted by molar-refractivity contribution is -0.120. The third-order valence-corrected chi connectivity index (χ3v) is 8.82. The van der Waals surface area contributed by atoms with Crippen LogP contribution in [0.2, 0.25) is 5.15 Å². The Labute approximate surface area is 314 Å². The van der Waals surface area contributed by atoms with Gasteiger partial charge in [-0.3, -0.25) is 19.9 Å². The Balaban J connectivity index is 1.76. The molecule has 1 heterocycles. The summed E-state index contributed by atoms with van der Waals surface area (Å²) in [6.07, 6.45) is 0.747. The van der Waals surface area contributed by atoms with E-state index in [0.29, 0.717) is 64.7 Å². The summed E-state index contributed by atoms with van der Waals surface area (Å²) in [6, 6.07) is 7.55. The van der Waals surface area contributed by atoms with Crippen molar-refractivity contribution in [3.8, 4) is 0 Å². The predicted molar refractivity (Wildman–Crippen MR) is 202 cm³/mol. The molecule has 0 fully saturated rings. The number of rotatable bonds is 26. The molecule has 0 aliphatic rings. The number of amides is 2. The SMILES string of the molecule is NC(=O)[C@H](CCc1ccc(CCCCN=C(N)NC(=O)c2nc(Cl)c(N)nc2N)cc1)NCCCN(CCCC[C@H](O)CO)C[C@H](O)[C@@H](O)[C@H](O)CO. The van der Waals surface area contributed by atoms with Crippen molar-refractivity contribution in [3.05, 3.63) is 46.2 Å². The number of nitrogens with zero attached hydrogens (tertiary/aromatic N) is 4. The highest BCUT2D eigenvalue weighted by molar-refractivity contribution is 6.31. The lowest BCUT2D eigenvalue weighted by atomic mass is 10.0. The van der Waals surface area contributed by atoms with Gasteiger partial charge in [-0.25, -0.2) is 9.97 Å². The molecule has 298 valence electrons. The standard InChI is InChI=1S/C34H57ClN10O8/c35-29-31(37)43-30(36)27(42-29)33(53)44-34(39)41-14-3-1-6-21-8-10-22(11-9-21)12-13-24(32(38)52)40-15-5-17-45(16-4-2-7-23(48)19-46)18-25(49)28(51)26(50)20-47/h8-11,23-26,28,40,46-51H,1-7,12-20H2,(H2,38,52)(H4,36,37,43)(H3,39,41,44,53)/t23-,24-,25-,26+,28+/m0/s1. The van der Waals surface area contributed by atoms with Crippen LogP contribution < -0.4 is 33.6 Å². The van der Waals surface area contributed by atoms with E-state index in [1.54, 1.807) is 0 Å². The van der Waals surface area contributed by atoms with Gasteiger partial charge in [-0.2, -0.15) is 0 Å². The number of carbonyl (C=O) groups excluding carboxylic acids is 2. The molecule has 0 radical (unpaired) electrons. The van der Waals surface area contributed by atoms with Gasteiger partial charge in [0.1, 0.15) is 12.2 Å². The van der Waals surface area contributed by atoms with Crippen LogP contribution in [-0.2, 0) is 17.6 Å². The van der Waals surface area contributed by atoms with E-state index in [4.69, 9.17) is 44.7 Å². The maximum atomic E-state index is 12.4. The van der Waals surface area contributed by atoms with E-state index in [0.717, 1.165) is 30.4 Å². The Morgan fingerprint density at radius 3 is 2.13 bits per heavy atom. The second kappa shape index (κ2) is 24.6. The molecule has 0 aliphatic heterocycles. The smallest absolute Gasteiger partial charge is 0.280 e. The fourth-order valence-electron chi connectivity index (χ4n) is 5.41. The minimum atomic E-state index is -1.52. The lowest BCUT2D eigenvalue weighted by Gasteiger charge is -2.29. The first-order valence-electron chi connectivity index (χ1n) is 17.7. The summed E-state index contributed by atoms with van der Waals surface area (Å²) in [4.78, 5) is 38.2. The molecule has 0 saturated carbocycles. The van der Waals surface area contributed by atoms with Crippen LogP contribution in [0.1, 0.15) is 66.6 Å². The second-order valence-electron chi connectivity index (χ2n) is 12.9. The van der Waals surface area contributed by atoms with Crippen molar-refractivity contribution < 1.29 is 40.2 Å². The van der Waals surface area contributed by atoms with Crippen molar-refractivity contribution in [2.75, 3.05) is 57.4 Å². The number of aromatic nitrogens is 2. The predicted octanol–water partition coefficient (Wildman–Crippen LogP) is -1.97. The largest absolute Gasteiger partial charge is 0.394 e. The Morgan fingerprint density at radius 1 is 0.830 bits per heavy atom. The zero-order chi connectivity index (χ0) is 39.3. The first kappa shape index (κ1) is 45.4. The summed E-state index contributed by atoms with van der Waals surface area (Å²) < 4.78 is 0. The van der Waals surface area contributed by atoms with Crippen LogP contribution in [0.15, 0.2) is 29.3 Å². The molecule has 2 rings (SSSR count). The van der Waals surface area contributed by atoms with E-state index < -0.39 is 48.9 Å². The molecule has 2 aromatic rings. The molecule has 0 unspecified atom stereocenters. The fraction of sp³-hybridized carbons (Fsp3) is 0.618. The summed E-state index contributed by atoms with van der Waals surface area (Å²) in [5, 5.41) is 63.4. The molecule has 16 N–H and O–H groups in total. The van der Waals surface area contributed by atoms with Crippen LogP contribution in [0.25, 0.3) is 0 Å². The maximum absolute atomic E-state index is 12.4. The average molecular weight is 769 g/mol. The number of hydrogen-bond donors (Lipinski definition) is 12. The molecule has 18 nitrogen and oxygen atoms in total. The molecular formula is C34H57ClN10O8. The summed E-state index contributed by atoms with van der Waals surface area (Å²) in [5.41, 5.74) is 24.7.